The molecule has 0 spiro atoms. The van der Waals surface area contributed by atoms with E-state index in [1.807, 2.05) is 53.5 Å². The van der Waals surface area contributed by atoms with Crippen molar-refractivity contribution in [2.24, 2.45) is 5.10 Å². The fourth-order valence-corrected chi connectivity index (χ4v) is 4.31. The maximum atomic E-state index is 11.6. The molecule has 0 bridgehead atoms. The summed E-state index contributed by atoms with van der Waals surface area (Å²) in [6, 6.07) is 22.5. The zero-order chi connectivity index (χ0) is 20.0. The molecule has 0 N–H and O–H groups in total. The van der Waals surface area contributed by atoms with Crippen LogP contribution in [0, 0.1) is 10.1 Å². The van der Waals surface area contributed by atoms with Crippen LogP contribution in [0.1, 0.15) is 35.4 Å². The Bertz CT molecular complexity index is 1130. The van der Waals surface area contributed by atoms with Crippen molar-refractivity contribution in [3.63, 3.8) is 0 Å². The van der Waals surface area contributed by atoms with E-state index < -0.39 is 6.23 Å². The van der Waals surface area contributed by atoms with Gasteiger partial charge >= 0.3 is 0 Å². The average molecular weight is 450 g/mol. The van der Waals surface area contributed by atoms with Crippen molar-refractivity contribution in [3.8, 4) is 5.75 Å². The van der Waals surface area contributed by atoms with Crippen LogP contribution in [0.2, 0.25) is 0 Å². The van der Waals surface area contributed by atoms with Gasteiger partial charge in [-0.3, -0.25) is 10.1 Å². The third-order valence-electron chi connectivity index (χ3n) is 5.26. The van der Waals surface area contributed by atoms with E-state index >= 15 is 0 Å². The van der Waals surface area contributed by atoms with Gasteiger partial charge in [0.15, 0.2) is 0 Å². The number of para-hydroxylation sites is 1. The summed E-state index contributed by atoms with van der Waals surface area (Å²) < 4.78 is 7.21. The number of nitro groups is 1. The molecule has 0 fully saturated rings. The monoisotopic (exact) mass is 449 g/mol. The summed E-state index contributed by atoms with van der Waals surface area (Å²) in [6.45, 7) is 0. The molecule has 0 radical (unpaired) electrons. The Labute approximate surface area is 175 Å². The fourth-order valence-electron chi connectivity index (χ4n) is 3.93. The predicted molar refractivity (Wildman–Crippen MR) is 113 cm³/mol. The Hall–Kier alpha value is -3.19. The minimum absolute atomic E-state index is 0.0279. The van der Waals surface area contributed by atoms with Gasteiger partial charge in [-0.25, -0.2) is 5.01 Å². The summed E-state index contributed by atoms with van der Waals surface area (Å²) in [4.78, 5) is 11.2. The van der Waals surface area contributed by atoms with Crippen LogP contribution in [0.15, 0.2) is 82.4 Å². The van der Waals surface area contributed by atoms with E-state index in [0.717, 1.165) is 27.1 Å². The smallest absolute Gasteiger partial charge is 0.278 e. The Balaban J connectivity index is 1.65. The molecule has 2 aliphatic heterocycles. The van der Waals surface area contributed by atoms with Crippen molar-refractivity contribution >= 4 is 27.3 Å². The number of halogens is 1. The highest BCUT2D eigenvalue weighted by atomic mass is 79.9. The summed E-state index contributed by atoms with van der Waals surface area (Å²) in [7, 11) is 0. The molecular formula is C22H16BrN3O3. The van der Waals surface area contributed by atoms with Crippen LogP contribution in [-0.4, -0.2) is 15.6 Å². The number of hydrogen-bond donors (Lipinski definition) is 0. The first kappa shape index (κ1) is 17.9. The second-order valence-electron chi connectivity index (χ2n) is 6.98. The molecule has 0 amide bonds. The molecule has 0 saturated carbocycles. The van der Waals surface area contributed by atoms with E-state index in [0.29, 0.717) is 12.0 Å². The number of fused-ring (bicyclic) bond motifs is 3. The standard InChI is InChI=1S/C22H16BrN3O3/c23-15-10-11-21-17(12-15)20-13-18(14-6-2-1-3-7-14)24-25(20)22(29-21)16-8-4-5-9-19(16)26(27)28/h1-12,20,22H,13H2/t20-,22+/m0/s1. The fraction of sp³-hybridized carbons (Fsp3) is 0.136. The first-order chi connectivity index (χ1) is 14.1. The van der Waals surface area contributed by atoms with Gasteiger partial charge in [-0.15, -0.1) is 0 Å². The molecule has 2 aliphatic rings. The van der Waals surface area contributed by atoms with Crippen LogP contribution < -0.4 is 4.74 Å². The number of ether oxygens (including phenoxy) is 1. The van der Waals surface area contributed by atoms with E-state index in [1.165, 1.54) is 6.07 Å². The lowest BCUT2D eigenvalue weighted by Gasteiger charge is -2.38. The van der Waals surface area contributed by atoms with Crippen molar-refractivity contribution in [2.45, 2.75) is 18.7 Å². The third kappa shape index (κ3) is 3.07. The summed E-state index contributed by atoms with van der Waals surface area (Å²) in [6.07, 6.45) is 0.0324. The molecule has 0 saturated heterocycles. The quantitative estimate of drug-likeness (QED) is 0.385. The molecular weight excluding hydrogens is 434 g/mol. The molecule has 7 heteroatoms. The van der Waals surface area contributed by atoms with Crippen molar-refractivity contribution < 1.29 is 9.66 Å². The molecule has 144 valence electrons. The van der Waals surface area contributed by atoms with Crippen LogP contribution >= 0.6 is 15.9 Å². The van der Waals surface area contributed by atoms with Crippen LogP contribution in [-0.2, 0) is 0 Å². The number of hydrazone groups is 1. The van der Waals surface area contributed by atoms with E-state index in [-0.39, 0.29) is 16.7 Å². The van der Waals surface area contributed by atoms with Crippen molar-refractivity contribution in [1.82, 2.24) is 5.01 Å². The minimum Gasteiger partial charge on any atom is -0.464 e. The first-order valence-corrected chi connectivity index (χ1v) is 10.0. The second-order valence-corrected chi connectivity index (χ2v) is 7.90. The van der Waals surface area contributed by atoms with Crippen molar-refractivity contribution in [2.75, 3.05) is 0 Å². The van der Waals surface area contributed by atoms with Gasteiger partial charge in [-0.2, -0.15) is 5.10 Å². The van der Waals surface area contributed by atoms with Crippen molar-refractivity contribution in [3.05, 3.63) is 104 Å². The first-order valence-electron chi connectivity index (χ1n) is 9.22. The highest BCUT2D eigenvalue weighted by Crippen LogP contribution is 2.49. The van der Waals surface area contributed by atoms with Crippen LogP contribution in [0.3, 0.4) is 0 Å². The maximum Gasteiger partial charge on any atom is 0.278 e. The average Bonchev–Trinajstić information content (AvgIpc) is 3.20. The molecule has 6 nitrogen and oxygen atoms in total. The van der Waals surface area contributed by atoms with Crippen molar-refractivity contribution in [1.29, 1.82) is 0 Å². The molecule has 29 heavy (non-hydrogen) atoms. The number of nitrogens with zero attached hydrogens (tertiary/aromatic N) is 3. The Morgan fingerprint density at radius 2 is 1.79 bits per heavy atom. The maximum absolute atomic E-state index is 11.6. The van der Waals surface area contributed by atoms with E-state index in [1.54, 1.807) is 18.2 Å². The zero-order valence-corrected chi connectivity index (χ0v) is 16.8. The summed E-state index contributed by atoms with van der Waals surface area (Å²) in [5.74, 6) is 0.724. The largest absolute Gasteiger partial charge is 0.464 e. The van der Waals surface area contributed by atoms with Gasteiger partial charge in [0.1, 0.15) is 5.75 Å². The lowest BCUT2D eigenvalue weighted by Crippen LogP contribution is -2.34. The number of hydrogen-bond acceptors (Lipinski definition) is 5. The molecule has 3 aromatic rings. The van der Waals surface area contributed by atoms with E-state index in [2.05, 4.69) is 15.9 Å². The topological polar surface area (TPSA) is 68.0 Å². The lowest BCUT2D eigenvalue weighted by molar-refractivity contribution is -0.386. The molecule has 0 aromatic heterocycles. The molecule has 0 aliphatic carbocycles. The SMILES string of the molecule is O=[N+]([O-])c1ccccc1[C@H]1Oc2ccc(Br)cc2[C@@H]2CC(c3ccccc3)=NN12. The normalized spacial score (nSPS) is 19.8. The van der Waals surface area contributed by atoms with Crippen LogP contribution in [0.4, 0.5) is 5.69 Å². The van der Waals surface area contributed by atoms with E-state index in [4.69, 9.17) is 9.84 Å². The molecule has 3 aromatic carbocycles. The number of rotatable bonds is 3. The van der Waals surface area contributed by atoms with E-state index in [9.17, 15) is 10.1 Å². The third-order valence-corrected chi connectivity index (χ3v) is 5.75. The number of benzene rings is 3. The summed E-state index contributed by atoms with van der Waals surface area (Å²) in [5, 5.41) is 18.3. The molecule has 0 unspecified atom stereocenters. The van der Waals surface area contributed by atoms with Gasteiger partial charge in [0.25, 0.3) is 5.69 Å². The minimum atomic E-state index is -0.670. The van der Waals surface area contributed by atoms with Gasteiger partial charge in [0.05, 0.1) is 22.2 Å². The van der Waals surface area contributed by atoms with Gasteiger partial charge < -0.3 is 4.74 Å². The summed E-state index contributed by atoms with van der Waals surface area (Å²) >= 11 is 3.54. The Morgan fingerprint density at radius 3 is 2.59 bits per heavy atom. The number of nitro benzene ring substituents is 1. The van der Waals surface area contributed by atoms with Gasteiger partial charge in [-0.05, 0) is 29.8 Å². The Morgan fingerprint density at radius 1 is 1.03 bits per heavy atom. The van der Waals surface area contributed by atoms with Gasteiger partial charge in [-0.1, -0.05) is 58.4 Å². The Kier molecular flexibility index (Phi) is 4.32. The van der Waals surface area contributed by atoms with Crippen LogP contribution in [0.5, 0.6) is 5.75 Å². The molecule has 2 heterocycles. The second kappa shape index (κ2) is 7.00. The molecule has 2 atom stereocenters. The van der Waals surface area contributed by atoms with Crippen LogP contribution in [0.25, 0.3) is 0 Å². The van der Waals surface area contributed by atoms with Gasteiger partial charge in [0, 0.05) is 22.5 Å². The highest BCUT2D eigenvalue weighted by Gasteiger charge is 2.43. The highest BCUT2D eigenvalue weighted by molar-refractivity contribution is 9.10. The molecule has 5 rings (SSSR count). The van der Waals surface area contributed by atoms with Gasteiger partial charge in [0.2, 0.25) is 6.23 Å². The predicted octanol–water partition coefficient (Wildman–Crippen LogP) is 5.60. The lowest BCUT2D eigenvalue weighted by atomic mass is 9.96. The summed E-state index contributed by atoms with van der Waals surface area (Å²) in [5.41, 5.74) is 3.52. The zero-order valence-electron chi connectivity index (χ0n) is 15.2.